The molecule has 1 atom stereocenters. The monoisotopic (exact) mass is 239 g/mol. The van der Waals surface area contributed by atoms with Crippen LogP contribution in [0.5, 0.6) is 0 Å². The van der Waals surface area contributed by atoms with Crippen molar-refractivity contribution in [3.8, 4) is 0 Å². The van der Waals surface area contributed by atoms with Crippen molar-refractivity contribution in [2.45, 2.75) is 31.5 Å². The van der Waals surface area contributed by atoms with Crippen molar-refractivity contribution in [2.24, 2.45) is 11.5 Å². The van der Waals surface area contributed by atoms with Crippen molar-refractivity contribution in [1.82, 2.24) is 4.90 Å². The predicted molar refractivity (Wildman–Crippen MR) is 64.9 cm³/mol. The number of carbonyl (C=O) groups is 1. The molecule has 0 bridgehead atoms. The van der Waals surface area contributed by atoms with Gasteiger partial charge in [-0.05, 0) is 24.3 Å². The standard InChI is InChI=1S/C11H17N3OS/c12-10(11(13)15)7-14(8-3-4-8)6-9-2-1-5-16-9/h1-2,5,8,10H,3-4,6-7,12H2,(H2,13,15). The van der Waals surface area contributed by atoms with Crippen LogP contribution in [0.15, 0.2) is 17.5 Å². The molecule has 5 heteroatoms. The van der Waals surface area contributed by atoms with Crippen molar-refractivity contribution in [2.75, 3.05) is 6.54 Å². The Labute approximate surface area is 99.2 Å². The van der Waals surface area contributed by atoms with E-state index < -0.39 is 11.9 Å². The highest BCUT2D eigenvalue weighted by Crippen LogP contribution is 2.29. The molecular formula is C11H17N3OS. The predicted octanol–water partition coefficient (Wildman–Crippen LogP) is 0.525. The summed E-state index contributed by atoms with van der Waals surface area (Å²) in [6.07, 6.45) is 2.41. The molecule has 4 nitrogen and oxygen atoms in total. The van der Waals surface area contributed by atoms with E-state index in [-0.39, 0.29) is 0 Å². The van der Waals surface area contributed by atoms with Crippen LogP contribution in [0.3, 0.4) is 0 Å². The first-order chi connectivity index (χ1) is 7.66. The second kappa shape index (κ2) is 4.95. The zero-order valence-electron chi connectivity index (χ0n) is 9.13. The summed E-state index contributed by atoms with van der Waals surface area (Å²) in [7, 11) is 0. The average molecular weight is 239 g/mol. The minimum Gasteiger partial charge on any atom is -0.368 e. The molecule has 1 aromatic heterocycles. The van der Waals surface area contributed by atoms with Crippen LogP contribution in [0, 0.1) is 0 Å². The van der Waals surface area contributed by atoms with Gasteiger partial charge in [-0.3, -0.25) is 9.69 Å². The molecule has 0 aliphatic heterocycles. The molecule has 1 heterocycles. The molecule has 88 valence electrons. The maximum Gasteiger partial charge on any atom is 0.235 e. The summed E-state index contributed by atoms with van der Waals surface area (Å²) in [5, 5.41) is 2.06. The van der Waals surface area contributed by atoms with Gasteiger partial charge in [-0.2, -0.15) is 0 Å². The fourth-order valence-electron chi connectivity index (χ4n) is 1.73. The number of rotatable bonds is 6. The third-order valence-corrected chi connectivity index (χ3v) is 3.66. The molecule has 0 spiro atoms. The molecule has 1 aromatic rings. The second-order valence-corrected chi connectivity index (χ2v) is 5.28. The van der Waals surface area contributed by atoms with Gasteiger partial charge in [0.1, 0.15) is 0 Å². The third-order valence-electron chi connectivity index (χ3n) is 2.80. The van der Waals surface area contributed by atoms with E-state index >= 15 is 0 Å². The summed E-state index contributed by atoms with van der Waals surface area (Å²) in [6, 6.07) is 4.18. The SMILES string of the molecule is NC(=O)C(N)CN(Cc1cccs1)C1CC1. The molecule has 1 unspecified atom stereocenters. The Kier molecular flexibility index (Phi) is 3.58. The number of hydrogen-bond donors (Lipinski definition) is 2. The highest BCUT2D eigenvalue weighted by Gasteiger charge is 2.30. The van der Waals surface area contributed by atoms with Crippen molar-refractivity contribution in [1.29, 1.82) is 0 Å². The first kappa shape index (κ1) is 11.6. The van der Waals surface area contributed by atoms with Gasteiger partial charge in [-0.25, -0.2) is 0 Å². The number of hydrogen-bond acceptors (Lipinski definition) is 4. The number of amides is 1. The lowest BCUT2D eigenvalue weighted by molar-refractivity contribution is -0.119. The van der Waals surface area contributed by atoms with Crippen molar-refractivity contribution in [3.05, 3.63) is 22.4 Å². The lowest BCUT2D eigenvalue weighted by Crippen LogP contribution is -2.46. The molecule has 1 fully saturated rings. The molecular weight excluding hydrogens is 222 g/mol. The molecule has 1 amide bonds. The lowest BCUT2D eigenvalue weighted by atomic mass is 10.2. The van der Waals surface area contributed by atoms with E-state index in [4.69, 9.17) is 11.5 Å². The van der Waals surface area contributed by atoms with E-state index in [1.165, 1.54) is 17.7 Å². The largest absolute Gasteiger partial charge is 0.368 e. The molecule has 4 N–H and O–H groups in total. The Bertz CT molecular complexity index is 348. The van der Waals surface area contributed by atoms with Gasteiger partial charge in [0.15, 0.2) is 0 Å². The minimum atomic E-state index is -0.555. The van der Waals surface area contributed by atoms with Crippen molar-refractivity contribution >= 4 is 17.2 Å². The second-order valence-electron chi connectivity index (χ2n) is 4.25. The van der Waals surface area contributed by atoms with Gasteiger partial charge in [0, 0.05) is 24.0 Å². The number of nitrogens with two attached hydrogens (primary N) is 2. The summed E-state index contributed by atoms with van der Waals surface area (Å²) in [5.74, 6) is -0.420. The van der Waals surface area contributed by atoms with E-state index in [1.807, 2.05) is 6.07 Å². The van der Waals surface area contributed by atoms with Crippen LogP contribution >= 0.6 is 11.3 Å². The normalized spacial score (nSPS) is 17.6. The average Bonchev–Trinajstić information content (AvgIpc) is 2.97. The van der Waals surface area contributed by atoms with Gasteiger partial charge in [0.25, 0.3) is 0 Å². The van der Waals surface area contributed by atoms with Gasteiger partial charge in [-0.15, -0.1) is 11.3 Å². The summed E-state index contributed by atoms with van der Waals surface area (Å²) >= 11 is 1.73. The molecule has 1 saturated carbocycles. The van der Waals surface area contributed by atoms with Gasteiger partial charge in [-0.1, -0.05) is 6.07 Å². The molecule has 16 heavy (non-hydrogen) atoms. The quantitative estimate of drug-likeness (QED) is 0.760. The van der Waals surface area contributed by atoms with Crippen molar-refractivity contribution < 1.29 is 4.79 Å². The third kappa shape index (κ3) is 3.04. The molecule has 2 rings (SSSR count). The highest BCUT2D eigenvalue weighted by atomic mass is 32.1. The zero-order valence-corrected chi connectivity index (χ0v) is 9.95. The maximum absolute atomic E-state index is 11.0. The van der Waals surface area contributed by atoms with Crippen LogP contribution < -0.4 is 11.5 Å². The Balaban J connectivity index is 1.92. The van der Waals surface area contributed by atoms with E-state index in [9.17, 15) is 4.79 Å². The number of thiophene rings is 1. The van der Waals surface area contributed by atoms with E-state index in [0.717, 1.165) is 6.54 Å². The smallest absolute Gasteiger partial charge is 0.235 e. The first-order valence-corrected chi connectivity index (χ1v) is 6.36. The summed E-state index contributed by atoms with van der Waals surface area (Å²) in [6.45, 7) is 1.45. The molecule has 0 saturated heterocycles. The Morgan fingerprint density at radius 1 is 1.62 bits per heavy atom. The van der Waals surface area contributed by atoms with Crippen LogP contribution in [-0.2, 0) is 11.3 Å². The lowest BCUT2D eigenvalue weighted by Gasteiger charge is -2.23. The van der Waals surface area contributed by atoms with Crippen molar-refractivity contribution in [3.63, 3.8) is 0 Å². The summed E-state index contributed by atoms with van der Waals surface area (Å²) in [4.78, 5) is 14.5. The van der Waals surface area contributed by atoms with Crippen LogP contribution in [-0.4, -0.2) is 29.4 Å². The van der Waals surface area contributed by atoms with E-state index in [0.29, 0.717) is 12.6 Å². The van der Waals surface area contributed by atoms with E-state index in [1.54, 1.807) is 11.3 Å². The van der Waals surface area contributed by atoms with Gasteiger partial charge < -0.3 is 11.5 Å². The maximum atomic E-state index is 11.0. The number of carbonyl (C=O) groups excluding carboxylic acids is 1. The first-order valence-electron chi connectivity index (χ1n) is 5.48. The van der Waals surface area contributed by atoms with Gasteiger partial charge in [0.2, 0.25) is 5.91 Å². The van der Waals surface area contributed by atoms with Gasteiger partial charge in [0.05, 0.1) is 6.04 Å². The molecule has 0 radical (unpaired) electrons. The molecule has 0 aromatic carbocycles. The molecule has 1 aliphatic carbocycles. The van der Waals surface area contributed by atoms with Crippen LogP contribution in [0.25, 0.3) is 0 Å². The van der Waals surface area contributed by atoms with Crippen LogP contribution in [0.4, 0.5) is 0 Å². The Morgan fingerprint density at radius 3 is 2.88 bits per heavy atom. The van der Waals surface area contributed by atoms with Crippen LogP contribution in [0.1, 0.15) is 17.7 Å². The molecule has 1 aliphatic rings. The summed E-state index contributed by atoms with van der Waals surface area (Å²) < 4.78 is 0. The van der Waals surface area contributed by atoms with Gasteiger partial charge >= 0.3 is 0 Å². The number of nitrogens with zero attached hydrogens (tertiary/aromatic N) is 1. The fraction of sp³-hybridized carbons (Fsp3) is 0.545. The summed E-state index contributed by atoms with van der Waals surface area (Å²) in [5.41, 5.74) is 10.9. The Morgan fingerprint density at radius 2 is 2.38 bits per heavy atom. The minimum absolute atomic E-state index is 0.420. The topological polar surface area (TPSA) is 72.3 Å². The number of primary amides is 1. The highest BCUT2D eigenvalue weighted by molar-refractivity contribution is 7.09. The fourth-order valence-corrected chi connectivity index (χ4v) is 2.46. The van der Waals surface area contributed by atoms with Crippen LogP contribution in [0.2, 0.25) is 0 Å². The Hall–Kier alpha value is -0.910. The van der Waals surface area contributed by atoms with E-state index in [2.05, 4.69) is 16.3 Å². The zero-order chi connectivity index (χ0) is 11.5.